The molecule has 0 aliphatic rings. The number of nitrogens with one attached hydrogen (secondary N) is 1. The van der Waals surface area contributed by atoms with Crippen molar-refractivity contribution in [2.45, 2.75) is 33.2 Å². The van der Waals surface area contributed by atoms with Crippen molar-refractivity contribution in [2.24, 2.45) is 5.41 Å². The monoisotopic (exact) mass is 273 g/mol. The number of hydrogen-bond acceptors (Lipinski definition) is 3. The van der Waals surface area contributed by atoms with Crippen molar-refractivity contribution in [3.05, 3.63) is 54.4 Å². The Morgan fingerprint density at radius 3 is 2.50 bits per heavy atom. The second-order valence-electron chi connectivity index (χ2n) is 6.10. The molecule has 2 aromatic rings. The minimum atomic E-state index is -0.338. The third kappa shape index (κ3) is 4.02. The largest absolute Gasteiger partial charge is 0.376 e. The maximum Gasteiger partial charge on any atom is 0.164 e. The SMILES string of the molecule is CC(C)(C)CC(Nc1ccncc1F)c1cccnc1. The third-order valence-corrected chi connectivity index (χ3v) is 3.01. The Morgan fingerprint density at radius 2 is 1.90 bits per heavy atom. The molecule has 20 heavy (non-hydrogen) atoms. The summed E-state index contributed by atoms with van der Waals surface area (Å²) in [5.74, 6) is -0.338. The van der Waals surface area contributed by atoms with Gasteiger partial charge in [-0.3, -0.25) is 9.97 Å². The Bertz CT molecular complexity index is 549. The van der Waals surface area contributed by atoms with Gasteiger partial charge in [-0.25, -0.2) is 4.39 Å². The number of nitrogens with zero attached hydrogens (tertiary/aromatic N) is 2. The van der Waals surface area contributed by atoms with Gasteiger partial charge in [-0.05, 0) is 29.5 Å². The van der Waals surface area contributed by atoms with E-state index < -0.39 is 0 Å². The van der Waals surface area contributed by atoms with Gasteiger partial charge in [-0.15, -0.1) is 0 Å². The van der Waals surface area contributed by atoms with Crippen molar-refractivity contribution >= 4 is 5.69 Å². The molecular formula is C16H20FN3. The van der Waals surface area contributed by atoms with Gasteiger partial charge in [0.2, 0.25) is 0 Å². The molecule has 2 rings (SSSR count). The first kappa shape index (κ1) is 14.4. The minimum Gasteiger partial charge on any atom is -0.376 e. The zero-order valence-electron chi connectivity index (χ0n) is 12.1. The Hall–Kier alpha value is -1.97. The van der Waals surface area contributed by atoms with Crippen molar-refractivity contribution in [1.82, 2.24) is 9.97 Å². The second-order valence-corrected chi connectivity index (χ2v) is 6.10. The molecule has 0 bridgehead atoms. The summed E-state index contributed by atoms with van der Waals surface area (Å²) in [4.78, 5) is 7.93. The average molecular weight is 273 g/mol. The lowest BCUT2D eigenvalue weighted by molar-refractivity contribution is 0.351. The molecule has 2 heterocycles. The molecule has 0 fully saturated rings. The maximum absolute atomic E-state index is 13.8. The normalized spacial score (nSPS) is 13.0. The lowest BCUT2D eigenvalue weighted by Crippen LogP contribution is -2.19. The predicted molar refractivity (Wildman–Crippen MR) is 78.9 cm³/mol. The molecule has 0 saturated carbocycles. The Labute approximate surface area is 119 Å². The van der Waals surface area contributed by atoms with E-state index in [4.69, 9.17) is 0 Å². The summed E-state index contributed by atoms with van der Waals surface area (Å²) in [6, 6.07) is 5.58. The molecule has 0 radical (unpaired) electrons. The van der Waals surface area contributed by atoms with Crippen LogP contribution in [0.15, 0.2) is 43.0 Å². The van der Waals surface area contributed by atoms with Gasteiger partial charge in [0, 0.05) is 18.6 Å². The molecule has 0 amide bonds. The summed E-state index contributed by atoms with van der Waals surface area (Å²) in [7, 11) is 0. The summed E-state index contributed by atoms with van der Waals surface area (Å²) in [6.45, 7) is 6.50. The fraction of sp³-hybridized carbons (Fsp3) is 0.375. The van der Waals surface area contributed by atoms with Crippen LogP contribution in [0.5, 0.6) is 0 Å². The van der Waals surface area contributed by atoms with Crippen molar-refractivity contribution in [3.63, 3.8) is 0 Å². The molecule has 2 aromatic heterocycles. The van der Waals surface area contributed by atoms with Gasteiger partial charge in [-0.2, -0.15) is 0 Å². The van der Waals surface area contributed by atoms with Gasteiger partial charge in [0.1, 0.15) is 0 Å². The molecule has 0 aliphatic heterocycles. The quantitative estimate of drug-likeness (QED) is 0.907. The zero-order valence-corrected chi connectivity index (χ0v) is 12.1. The van der Waals surface area contributed by atoms with Crippen LogP contribution < -0.4 is 5.32 Å². The van der Waals surface area contributed by atoms with E-state index in [0.29, 0.717) is 5.69 Å². The molecule has 1 atom stereocenters. The number of pyridine rings is 2. The van der Waals surface area contributed by atoms with Crippen molar-refractivity contribution < 1.29 is 4.39 Å². The first-order valence-electron chi connectivity index (χ1n) is 6.72. The molecule has 4 heteroatoms. The molecule has 106 valence electrons. The summed E-state index contributed by atoms with van der Waals surface area (Å²) in [5, 5.41) is 3.27. The van der Waals surface area contributed by atoms with Crippen LogP contribution in [0, 0.1) is 11.2 Å². The Morgan fingerprint density at radius 1 is 1.15 bits per heavy atom. The number of rotatable bonds is 4. The molecule has 0 saturated heterocycles. The first-order valence-corrected chi connectivity index (χ1v) is 6.72. The summed E-state index contributed by atoms with van der Waals surface area (Å²) in [6.07, 6.45) is 7.25. The Kier molecular flexibility index (Phi) is 4.32. The molecule has 3 nitrogen and oxygen atoms in total. The Balaban J connectivity index is 2.26. The highest BCUT2D eigenvalue weighted by Crippen LogP contribution is 2.32. The summed E-state index contributed by atoms with van der Waals surface area (Å²) >= 11 is 0. The van der Waals surface area contributed by atoms with E-state index in [1.165, 1.54) is 6.20 Å². The lowest BCUT2D eigenvalue weighted by atomic mass is 9.85. The van der Waals surface area contributed by atoms with E-state index in [0.717, 1.165) is 12.0 Å². The molecule has 1 N–H and O–H groups in total. The van der Waals surface area contributed by atoms with Crippen LogP contribution in [0.1, 0.15) is 38.8 Å². The van der Waals surface area contributed by atoms with Gasteiger partial charge >= 0.3 is 0 Å². The lowest BCUT2D eigenvalue weighted by Gasteiger charge is -2.28. The standard InChI is InChI=1S/C16H20FN3/c1-16(2,3)9-15(12-5-4-7-18-10-12)20-14-6-8-19-11-13(14)17/h4-8,10-11,15H,9H2,1-3H3,(H,19,20). The fourth-order valence-corrected chi connectivity index (χ4v) is 2.13. The van der Waals surface area contributed by atoms with Crippen LogP contribution in [0.4, 0.5) is 10.1 Å². The van der Waals surface area contributed by atoms with Gasteiger partial charge in [0.05, 0.1) is 17.9 Å². The zero-order chi connectivity index (χ0) is 14.6. The van der Waals surface area contributed by atoms with Gasteiger partial charge in [-0.1, -0.05) is 26.8 Å². The van der Waals surface area contributed by atoms with Crippen LogP contribution in [0.3, 0.4) is 0 Å². The predicted octanol–water partition coefficient (Wildman–Crippen LogP) is 4.21. The van der Waals surface area contributed by atoms with Crippen LogP contribution in [-0.2, 0) is 0 Å². The van der Waals surface area contributed by atoms with E-state index in [9.17, 15) is 4.39 Å². The van der Waals surface area contributed by atoms with E-state index >= 15 is 0 Å². The van der Waals surface area contributed by atoms with E-state index in [1.807, 2.05) is 18.3 Å². The average Bonchev–Trinajstić information content (AvgIpc) is 2.40. The molecule has 0 spiro atoms. The van der Waals surface area contributed by atoms with Crippen LogP contribution in [0.25, 0.3) is 0 Å². The minimum absolute atomic E-state index is 0.0144. The number of anilines is 1. The second kappa shape index (κ2) is 5.99. The van der Waals surface area contributed by atoms with Crippen LogP contribution >= 0.6 is 0 Å². The van der Waals surface area contributed by atoms with Crippen molar-refractivity contribution in [2.75, 3.05) is 5.32 Å². The third-order valence-electron chi connectivity index (χ3n) is 3.01. The smallest absolute Gasteiger partial charge is 0.164 e. The van der Waals surface area contributed by atoms with Gasteiger partial charge < -0.3 is 5.32 Å². The van der Waals surface area contributed by atoms with Crippen molar-refractivity contribution in [1.29, 1.82) is 0 Å². The van der Waals surface area contributed by atoms with E-state index in [-0.39, 0.29) is 17.3 Å². The number of aromatic nitrogens is 2. The fourth-order valence-electron chi connectivity index (χ4n) is 2.13. The molecule has 1 unspecified atom stereocenters. The maximum atomic E-state index is 13.8. The van der Waals surface area contributed by atoms with E-state index in [2.05, 4.69) is 36.1 Å². The van der Waals surface area contributed by atoms with Gasteiger partial charge in [0.25, 0.3) is 0 Å². The number of hydrogen-bond donors (Lipinski definition) is 1. The molecular weight excluding hydrogens is 253 g/mol. The highest BCUT2D eigenvalue weighted by atomic mass is 19.1. The first-order chi connectivity index (χ1) is 9.46. The number of halogens is 1. The summed E-state index contributed by atoms with van der Waals surface area (Å²) in [5.41, 5.74) is 1.65. The van der Waals surface area contributed by atoms with Crippen LogP contribution in [-0.4, -0.2) is 9.97 Å². The highest BCUT2D eigenvalue weighted by Gasteiger charge is 2.21. The highest BCUT2D eigenvalue weighted by molar-refractivity contribution is 5.45. The molecule has 0 aromatic carbocycles. The van der Waals surface area contributed by atoms with E-state index in [1.54, 1.807) is 18.5 Å². The molecule has 0 aliphatic carbocycles. The van der Waals surface area contributed by atoms with Crippen molar-refractivity contribution in [3.8, 4) is 0 Å². The topological polar surface area (TPSA) is 37.8 Å². The van der Waals surface area contributed by atoms with Gasteiger partial charge in [0.15, 0.2) is 5.82 Å². The summed E-state index contributed by atoms with van der Waals surface area (Å²) < 4.78 is 13.8. The van der Waals surface area contributed by atoms with Crippen LogP contribution in [0.2, 0.25) is 0 Å².